The molecule has 0 N–H and O–H groups in total. The van der Waals surface area contributed by atoms with Gasteiger partial charge in [0.1, 0.15) is 0 Å². The normalized spacial score (nSPS) is 18.7. The van der Waals surface area contributed by atoms with Crippen LogP contribution in [0, 0.1) is 0 Å². The van der Waals surface area contributed by atoms with Crippen molar-refractivity contribution in [2.45, 2.75) is 103 Å². The van der Waals surface area contributed by atoms with E-state index in [2.05, 4.69) is 6.92 Å². The Morgan fingerprint density at radius 3 is 1.67 bits per heavy atom. The molecule has 1 aliphatic heterocycles. The fourth-order valence-corrected chi connectivity index (χ4v) is 4.25. The molecule has 144 valence electrons. The third-order valence-electron chi connectivity index (χ3n) is 4.53. The molecule has 0 spiro atoms. The van der Waals surface area contributed by atoms with E-state index >= 15 is 0 Å². The van der Waals surface area contributed by atoms with Gasteiger partial charge < -0.3 is 0 Å². The average Bonchev–Trinajstić information content (AvgIpc) is 2.68. The van der Waals surface area contributed by atoms with Crippen LogP contribution in [0.5, 0.6) is 0 Å². The lowest BCUT2D eigenvalue weighted by molar-refractivity contribution is 0.114. The van der Waals surface area contributed by atoms with Gasteiger partial charge in [0.2, 0.25) is 0 Å². The van der Waals surface area contributed by atoms with Crippen molar-refractivity contribution in [3.63, 3.8) is 0 Å². The summed E-state index contributed by atoms with van der Waals surface area (Å²) >= 11 is 0. The van der Waals surface area contributed by atoms with Crippen molar-refractivity contribution in [2.24, 2.45) is 0 Å². The minimum Gasteiger partial charge on any atom is -0.287 e. The maximum Gasteiger partial charge on any atom is 0.474 e. The second-order valence-corrected chi connectivity index (χ2v) is 8.57. The Bertz CT molecular complexity index is 308. The number of phosphoric acid groups is 1. The van der Waals surface area contributed by atoms with Crippen LogP contribution in [0.1, 0.15) is 103 Å². The van der Waals surface area contributed by atoms with Crippen LogP contribution in [-0.4, -0.2) is 19.8 Å². The Kier molecular flexibility index (Phi) is 14.2. The smallest absolute Gasteiger partial charge is 0.287 e. The Morgan fingerprint density at radius 1 is 0.708 bits per heavy atom. The molecular weight excluding hydrogens is 323 g/mol. The summed E-state index contributed by atoms with van der Waals surface area (Å²) in [7, 11) is -3.29. The summed E-state index contributed by atoms with van der Waals surface area (Å²) in [6, 6.07) is 0. The van der Waals surface area contributed by atoms with Gasteiger partial charge in [-0.15, -0.1) is 0 Å². The van der Waals surface area contributed by atoms with Crippen LogP contribution in [-0.2, 0) is 18.1 Å². The van der Waals surface area contributed by atoms with Gasteiger partial charge in [-0.3, -0.25) is 13.6 Å². The molecule has 0 aromatic heterocycles. The zero-order valence-electron chi connectivity index (χ0n) is 15.8. The molecule has 1 aliphatic rings. The third-order valence-corrected chi connectivity index (χ3v) is 6.03. The lowest BCUT2D eigenvalue weighted by atomic mass is 10.1. The first-order valence-electron chi connectivity index (χ1n) is 10.3. The van der Waals surface area contributed by atoms with Crippen molar-refractivity contribution >= 4 is 7.82 Å². The fraction of sp³-hybridized carbons (Fsp3) is 1.00. The molecule has 0 saturated carbocycles. The van der Waals surface area contributed by atoms with Gasteiger partial charge in [-0.1, -0.05) is 84.0 Å². The topological polar surface area (TPSA) is 44.8 Å². The van der Waals surface area contributed by atoms with Crippen molar-refractivity contribution in [3.05, 3.63) is 0 Å². The van der Waals surface area contributed by atoms with Crippen LogP contribution >= 0.6 is 7.82 Å². The molecule has 0 amide bonds. The van der Waals surface area contributed by atoms with E-state index in [9.17, 15) is 4.57 Å². The van der Waals surface area contributed by atoms with Gasteiger partial charge in [0, 0.05) is 0 Å². The molecule has 0 radical (unpaired) electrons. The van der Waals surface area contributed by atoms with Crippen LogP contribution in [0.15, 0.2) is 0 Å². The summed E-state index contributed by atoms with van der Waals surface area (Å²) in [5.74, 6) is 0. The SMILES string of the molecule is CCCCCCCCCCCCCOP1(=O)OCCCCCCO1. The quantitative estimate of drug-likeness (QED) is 0.260. The van der Waals surface area contributed by atoms with E-state index in [0.29, 0.717) is 19.8 Å². The van der Waals surface area contributed by atoms with Gasteiger partial charge in [-0.2, -0.15) is 0 Å². The molecular formula is C19H39O4P. The van der Waals surface area contributed by atoms with E-state index in [4.69, 9.17) is 13.6 Å². The molecule has 0 aliphatic carbocycles. The van der Waals surface area contributed by atoms with Gasteiger partial charge in [-0.25, -0.2) is 4.57 Å². The lowest BCUT2D eigenvalue weighted by Gasteiger charge is -2.16. The highest BCUT2D eigenvalue weighted by molar-refractivity contribution is 7.48. The molecule has 0 atom stereocenters. The summed E-state index contributed by atoms with van der Waals surface area (Å²) in [4.78, 5) is 0. The van der Waals surface area contributed by atoms with Crippen molar-refractivity contribution in [1.29, 1.82) is 0 Å². The number of hydrogen-bond donors (Lipinski definition) is 0. The largest absolute Gasteiger partial charge is 0.474 e. The van der Waals surface area contributed by atoms with Gasteiger partial charge in [0.05, 0.1) is 19.8 Å². The minimum absolute atomic E-state index is 0.480. The molecule has 1 rings (SSSR count). The Labute approximate surface area is 149 Å². The molecule has 1 saturated heterocycles. The van der Waals surface area contributed by atoms with E-state index in [1.54, 1.807) is 0 Å². The van der Waals surface area contributed by atoms with Crippen molar-refractivity contribution < 1.29 is 18.1 Å². The summed E-state index contributed by atoms with van der Waals surface area (Å²) in [6.45, 7) is 3.70. The molecule has 0 unspecified atom stereocenters. The number of hydrogen-bond acceptors (Lipinski definition) is 4. The van der Waals surface area contributed by atoms with Crippen LogP contribution < -0.4 is 0 Å². The highest BCUT2D eigenvalue weighted by atomic mass is 31.2. The zero-order chi connectivity index (χ0) is 17.3. The summed E-state index contributed by atoms with van der Waals surface area (Å²) in [5.41, 5.74) is 0. The van der Waals surface area contributed by atoms with E-state index in [1.165, 1.54) is 57.8 Å². The highest BCUT2D eigenvalue weighted by Crippen LogP contribution is 2.50. The average molecular weight is 362 g/mol. The molecule has 0 aromatic carbocycles. The van der Waals surface area contributed by atoms with Crippen molar-refractivity contribution in [2.75, 3.05) is 19.8 Å². The second kappa shape index (κ2) is 15.4. The predicted octanol–water partition coefficient (Wildman–Crippen LogP) is 7.03. The fourth-order valence-electron chi connectivity index (χ4n) is 2.96. The van der Waals surface area contributed by atoms with E-state index in [-0.39, 0.29) is 0 Å². The predicted molar refractivity (Wildman–Crippen MR) is 100 cm³/mol. The van der Waals surface area contributed by atoms with Crippen LogP contribution in [0.2, 0.25) is 0 Å². The standard InChI is InChI=1S/C19H39O4P/c1-2-3-4-5-6-7-8-9-10-11-14-17-21-24(20)22-18-15-12-13-16-19-23-24/h2-19H2,1H3. The Morgan fingerprint density at radius 2 is 1.17 bits per heavy atom. The first-order chi connectivity index (χ1) is 11.8. The third kappa shape index (κ3) is 12.5. The molecule has 1 heterocycles. The van der Waals surface area contributed by atoms with Gasteiger partial charge in [0.25, 0.3) is 0 Å². The second-order valence-electron chi connectivity index (χ2n) is 6.90. The lowest BCUT2D eigenvalue weighted by Crippen LogP contribution is -2.02. The van der Waals surface area contributed by atoms with Crippen LogP contribution in [0.25, 0.3) is 0 Å². The maximum atomic E-state index is 12.4. The molecule has 4 nitrogen and oxygen atoms in total. The van der Waals surface area contributed by atoms with Gasteiger partial charge >= 0.3 is 7.82 Å². The molecule has 24 heavy (non-hydrogen) atoms. The van der Waals surface area contributed by atoms with Gasteiger partial charge in [-0.05, 0) is 19.3 Å². The monoisotopic (exact) mass is 362 g/mol. The summed E-state index contributed by atoms with van der Waals surface area (Å²) in [6.07, 6.45) is 18.3. The first-order valence-corrected chi connectivity index (χ1v) is 11.8. The first kappa shape index (κ1) is 22.2. The van der Waals surface area contributed by atoms with Crippen molar-refractivity contribution in [1.82, 2.24) is 0 Å². The van der Waals surface area contributed by atoms with Crippen molar-refractivity contribution in [3.8, 4) is 0 Å². The summed E-state index contributed by atoms with van der Waals surface area (Å²) in [5, 5.41) is 0. The molecule has 0 aromatic rings. The van der Waals surface area contributed by atoms with Crippen LogP contribution in [0.3, 0.4) is 0 Å². The minimum atomic E-state index is -3.29. The zero-order valence-corrected chi connectivity index (χ0v) is 16.7. The summed E-state index contributed by atoms with van der Waals surface area (Å²) < 4.78 is 28.6. The van der Waals surface area contributed by atoms with E-state index < -0.39 is 7.82 Å². The molecule has 1 fully saturated rings. The highest BCUT2D eigenvalue weighted by Gasteiger charge is 2.26. The molecule has 0 bridgehead atoms. The number of phosphoric ester groups is 1. The van der Waals surface area contributed by atoms with Gasteiger partial charge in [0.15, 0.2) is 0 Å². The Hall–Kier alpha value is 0.110. The molecule has 5 heteroatoms. The number of rotatable bonds is 13. The Balaban J connectivity index is 1.92. The number of unbranched alkanes of at least 4 members (excludes halogenated alkanes) is 10. The van der Waals surface area contributed by atoms with Crippen LogP contribution in [0.4, 0.5) is 0 Å². The maximum absolute atomic E-state index is 12.4. The van der Waals surface area contributed by atoms with E-state index in [0.717, 1.165) is 38.5 Å². The van der Waals surface area contributed by atoms with E-state index in [1.807, 2.05) is 0 Å².